The minimum absolute atomic E-state index is 0.0275. The molecule has 0 saturated heterocycles. The molecule has 0 saturated carbocycles. The van der Waals surface area contributed by atoms with E-state index < -0.39 is 0 Å². The molecule has 1 atom stereocenters. The lowest BCUT2D eigenvalue weighted by Crippen LogP contribution is -2.08. The molecule has 1 amide bonds. The van der Waals surface area contributed by atoms with Gasteiger partial charge in [0.05, 0.1) is 21.7 Å². The van der Waals surface area contributed by atoms with Crippen molar-refractivity contribution in [1.82, 2.24) is 0 Å². The second-order valence-corrected chi connectivity index (χ2v) is 7.08. The van der Waals surface area contributed by atoms with E-state index in [-0.39, 0.29) is 23.4 Å². The van der Waals surface area contributed by atoms with Crippen molar-refractivity contribution in [3.63, 3.8) is 0 Å². The molecule has 1 aliphatic rings. The second kappa shape index (κ2) is 6.56. The van der Waals surface area contributed by atoms with E-state index in [1.54, 1.807) is 36.4 Å². The number of nitrogens with one attached hydrogen (secondary N) is 1. The van der Waals surface area contributed by atoms with Gasteiger partial charge >= 0.3 is 0 Å². The zero-order valence-corrected chi connectivity index (χ0v) is 14.6. The summed E-state index contributed by atoms with van der Waals surface area (Å²) in [4.78, 5) is 24.8. The number of fused-ring (bicyclic) bond motifs is 1. The third kappa shape index (κ3) is 3.25. The lowest BCUT2D eigenvalue weighted by Gasteiger charge is -2.07. The molecule has 0 bridgehead atoms. The molecule has 1 N–H and O–H groups in total. The van der Waals surface area contributed by atoms with E-state index >= 15 is 0 Å². The fourth-order valence-electron chi connectivity index (χ4n) is 2.43. The highest BCUT2D eigenvalue weighted by molar-refractivity contribution is 8.00. The molecule has 0 spiro atoms. The van der Waals surface area contributed by atoms with Gasteiger partial charge in [-0.05, 0) is 42.8 Å². The molecular formula is C17H13Cl2NO2S. The molecule has 0 aliphatic carbocycles. The maximum absolute atomic E-state index is 12.4. The quantitative estimate of drug-likeness (QED) is 0.610. The number of Topliss-reactive ketones (excluding diaryl/α,β-unsaturated/α-hetero) is 1. The van der Waals surface area contributed by atoms with Crippen LogP contribution in [0.1, 0.15) is 28.8 Å². The Labute approximate surface area is 148 Å². The fourth-order valence-corrected chi connectivity index (χ4v) is 4.01. The first-order valence-electron chi connectivity index (χ1n) is 7.02. The number of benzene rings is 2. The van der Waals surface area contributed by atoms with E-state index in [0.717, 1.165) is 11.3 Å². The van der Waals surface area contributed by atoms with Crippen LogP contribution in [0.3, 0.4) is 0 Å². The third-order valence-corrected chi connectivity index (χ3v) is 5.75. The van der Waals surface area contributed by atoms with Crippen LogP contribution >= 0.6 is 35.0 Å². The summed E-state index contributed by atoms with van der Waals surface area (Å²) in [6, 6.07) is 10.5. The Kier molecular flexibility index (Phi) is 4.67. The van der Waals surface area contributed by atoms with Gasteiger partial charge in [-0.2, -0.15) is 0 Å². The van der Waals surface area contributed by atoms with Crippen molar-refractivity contribution >= 4 is 52.3 Å². The Morgan fingerprint density at radius 3 is 2.61 bits per heavy atom. The molecule has 6 heteroatoms. The zero-order chi connectivity index (χ0) is 16.6. The summed E-state index contributed by atoms with van der Waals surface area (Å²) >= 11 is 13.5. The van der Waals surface area contributed by atoms with Gasteiger partial charge in [0, 0.05) is 16.1 Å². The maximum Gasteiger partial charge on any atom is 0.231 e. The molecule has 3 rings (SSSR count). The Morgan fingerprint density at radius 2 is 1.91 bits per heavy atom. The van der Waals surface area contributed by atoms with Crippen LogP contribution in [0.2, 0.25) is 10.0 Å². The summed E-state index contributed by atoms with van der Waals surface area (Å²) < 4.78 is 0. The monoisotopic (exact) mass is 365 g/mol. The van der Waals surface area contributed by atoms with E-state index in [1.165, 1.54) is 11.8 Å². The lowest BCUT2D eigenvalue weighted by atomic mass is 9.99. The van der Waals surface area contributed by atoms with Crippen LogP contribution in [-0.4, -0.2) is 17.4 Å². The Balaban J connectivity index is 1.76. The molecule has 2 aromatic carbocycles. The van der Waals surface area contributed by atoms with Gasteiger partial charge < -0.3 is 5.32 Å². The van der Waals surface area contributed by atoms with Gasteiger partial charge in [-0.15, -0.1) is 11.8 Å². The number of hydrogen-bond acceptors (Lipinski definition) is 3. The number of anilines is 1. The lowest BCUT2D eigenvalue weighted by molar-refractivity contribution is -0.116. The van der Waals surface area contributed by atoms with E-state index in [9.17, 15) is 9.59 Å². The standard InChI is InChI=1S/C17H13Cl2NO2S/c1-9-11-7-10(5-6-14(11)20-17(9)22)15(21)8-23-16-12(18)3-2-4-13(16)19/h2-7,9H,8H2,1H3,(H,20,22)/t9-/m1/s1. The van der Waals surface area contributed by atoms with E-state index in [0.29, 0.717) is 20.5 Å². The molecule has 0 fully saturated rings. The molecule has 0 radical (unpaired) electrons. The highest BCUT2D eigenvalue weighted by Crippen LogP contribution is 2.35. The average Bonchev–Trinajstić information content (AvgIpc) is 2.81. The molecule has 23 heavy (non-hydrogen) atoms. The van der Waals surface area contributed by atoms with Crippen LogP contribution in [0.5, 0.6) is 0 Å². The average molecular weight is 366 g/mol. The topological polar surface area (TPSA) is 46.2 Å². The predicted octanol–water partition coefficient (Wildman–Crippen LogP) is 5.02. The Hall–Kier alpha value is -1.49. The van der Waals surface area contributed by atoms with Crippen molar-refractivity contribution < 1.29 is 9.59 Å². The third-order valence-electron chi connectivity index (χ3n) is 3.76. The number of amides is 1. The van der Waals surface area contributed by atoms with Crippen molar-refractivity contribution in [1.29, 1.82) is 0 Å². The minimum atomic E-state index is -0.233. The fraction of sp³-hybridized carbons (Fsp3) is 0.176. The van der Waals surface area contributed by atoms with Crippen LogP contribution in [-0.2, 0) is 4.79 Å². The first-order valence-corrected chi connectivity index (χ1v) is 8.76. The Bertz CT molecular complexity index is 787. The van der Waals surface area contributed by atoms with E-state index in [2.05, 4.69) is 5.32 Å². The number of ketones is 1. The van der Waals surface area contributed by atoms with Crippen molar-refractivity contribution in [2.24, 2.45) is 0 Å². The highest BCUT2D eigenvalue weighted by Gasteiger charge is 2.27. The van der Waals surface area contributed by atoms with Crippen molar-refractivity contribution in [2.75, 3.05) is 11.1 Å². The Morgan fingerprint density at radius 1 is 1.22 bits per heavy atom. The molecule has 118 valence electrons. The summed E-state index contributed by atoms with van der Waals surface area (Å²) in [5, 5.41) is 3.87. The van der Waals surface area contributed by atoms with E-state index in [1.807, 2.05) is 6.92 Å². The number of hydrogen-bond donors (Lipinski definition) is 1. The number of carbonyl (C=O) groups excluding carboxylic acids is 2. The minimum Gasteiger partial charge on any atom is -0.325 e. The number of carbonyl (C=O) groups is 2. The van der Waals surface area contributed by atoms with Crippen LogP contribution in [0.15, 0.2) is 41.3 Å². The summed E-state index contributed by atoms with van der Waals surface area (Å²) in [7, 11) is 0. The summed E-state index contributed by atoms with van der Waals surface area (Å²) in [6.45, 7) is 1.83. The van der Waals surface area contributed by atoms with Gasteiger partial charge in [-0.3, -0.25) is 9.59 Å². The van der Waals surface area contributed by atoms with Gasteiger partial charge in [0.2, 0.25) is 5.91 Å². The van der Waals surface area contributed by atoms with Crippen molar-refractivity contribution in [3.05, 3.63) is 57.6 Å². The molecule has 3 nitrogen and oxygen atoms in total. The van der Waals surface area contributed by atoms with Crippen LogP contribution in [0.4, 0.5) is 5.69 Å². The summed E-state index contributed by atoms with van der Waals surface area (Å²) in [5.74, 6) is -0.0663. The van der Waals surface area contributed by atoms with E-state index in [4.69, 9.17) is 23.2 Å². The molecule has 1 heterocycles. The van der Waals surface area contributed by atoms with Crippen LogP contribution in [0, 0.1) is 0 Å². The largest absolute Gasteiger partial charge is 0.325 e. The second-order valence-electron chi connectivity index (χ2n) is 5.28. The number of thioether (sulfide) groups is 1. The smallest absolute Gasteiger partial charge is 0.231 e. The first kappa shape index (κ1) is 16.4. The highest BCUT2D eigenvalue weighted by atomic mass is 35.5. The summed E-state index contributed by atoms with van der Waals surface area (Å²) in [5.41, 5.74) is 2.23. The molecule has 2 aromatic rings. The SMILES string of the molecule is C[C@H]1C(=O)Nc2ccc(C(=O)CSc3c(Cl)cccc3Cl)cc21. The van der Waals surface area contributed by atoms with Crippen LogP contribution < -0.4 is 5.32 Å². The number of halogens is 2. The normalized spacial score (nSPS) is 16.1. The molecule has 0 aromatic heterocycles. The van der Waals surface area contributed by atoms with Crippen molar-refractivity contribution in [3.8, 4) is 0 Å². The van der Waals surface area contributed by atoms with Gasteiger partial charge in [-0.1, -0.05) is 29.3 Å². The van der Waals surface area contributed by atoms with Crippen LogP contribution in [0.25, 0.3) is 0 Å². The van der Waals surface area contributed by atoms with Gasteiger partial charge in [-0.25, -0.2) is 0 Å². The van der Waals surface area contributed by atoms with Gasteiger partial charge in [0.15, 0.2) is 5.78 Å². The van der Waals surface area contributed by atoms with Gasteiger partial charge in [0.1, 0.15) is 0 Å². The first-order chi connectivity index (χ1) is 11.0. The molecule has 1 aliphatic heterocycles. The molecular weight excluding hydrogens is 353 g/mol. The maximum atomic E-state index is 12.4. The zero-order valence-electron chi connectivity index (χ0n) is 12.2. The van der Waals surface area contributed by atoms with Gasteiger partial charge in [0.25, 0.3) is 0 Å². The molecule has 0 unspecified atom stereocenters. The predicted molar refractivity (Wildman–Crippen MR) is 95.0 cm³/mol. The summed E-state index contributed by atoms with van der Waals surface area (Å²) in [6.07, 6.45) is 0. The van der Waals surface area contributed by atoms with Crippen molar-refractivity contribution in [2.45, 2.75) is 17.7 Å². The number of rotatable bonds is 4.